The molecule has 1 amide bonds. The van der Waals surface area contributed by atoms with Crippen molar-refractivity contribution >= 4 is 17.4 Å². The second-order valence-electron chi connectivity index (χ2n) is 5.20. The number of benzene rings is 1. The van der Waals surface area contributed by atoms with Crippen molar-refractivity contribution in [3.05, 3.63) is 29.3 Å². The lowest BCUT2D eigenvalue weighted by Gasteiger charge is -2.11. The predicted molar refractivity (Wildman–Crippen MR) is 71.3 cm³/mol. The Balaban J connectivity index is 1.86. The Morgan fingerprint density at radius 3 is 3.00 bits per heavy atom. The topological polar surface area (TPSA) is 55.4 Å². The highest BCUT2D eigenvalue weighted by Gasteiger charge is 2.25. The summed E-state index contributed by atoms with van der Waals surface area (Å²) in [6.07, 6.45) is 3.04. The van der Waals surface area contributed by atoms with E-state index in [1.54, 1.807) is 0 Å². The molecule has 0 aromatic heterocycles. The van der Waals surface area contributed by atoms with Crippen LogP contribution in [0.3, 0.4) is 0 Å². The van der Waals surface area contributed by atoms with E-state index in [0.29, 0.717) is 19.6 Å². The first-order chi connectivity index (χ1) is 9.24. The smallest absolute Gasteiger partial charge is 0.224 e. The van der Waals surface area contributed by atoms with Crippen molar-refractivity contribution in [1.82, 2.24) is 0 Å². The van der Waals surface area contributed by atoms with Crippen LogP contribution < -0.4 is 5.32 Å². The van der Waals surface area contributed by atoms with Crippen molar-refractivity contribution in [2.45, 2.75) is 25.7 Å². The van der Waals surface area contributed by atoms with Gasteiger partial charge in [0.2, 0.25) is 5.91 Å². The van der Waals surface area contributed by atoms with Gasteiger partial charge in [-0.2, -0.15) is 0 Å². The molecule has 1 unspecified atom stereocenters. The number of hydrogen-bond donors (Lipinski definition) is 1. The quantitative estimate of drug-likeness (QED) is 0.828. The minimum absolute atomic E-state index is 0.00146. The normalized spacial score (nSPS) is 22.5. The minimum atomic E-state index is -0.00146. The van der Waals surface area contributed by atoms with E-state index >= 15 is 0 Å². The number of rotatable bonds is 2. The van der Waals surface area contributed by atoms with Crippen molar-refractivity contribution in [2.24, 2.45) is 5.92 Å². The van der Waals surface area contributed by atoms with Crippen LogP contribution in [0.15, 0.2) is 18.2 Å². The van der Waals surface area contributed by atoms with Crippen molar-refractivity contribution in [3.63, 3.8) is 0 Å². The van der Waals surface area contributed by atoms with E-state index in [1.165, 1.54) is 0 Å². The zero-order valence-corrected chi connectivity index (χ0v) is 10.8. The molecule has 2 heterocycles. The van der Waals surface area contributed by atoms with Crippen LogP contribution in [0.4, 0.5) is 5.69 Å². The molecule has 1 N–H and O–H groups in total. The summed E-state index contributed by atoms with van der Waals surface area (Å²) >= 11 is 0. The zero-order chi connectivity index (χ0) is 13.2. The van der Waals surface area contributed by atoms with E-state index in [-0.39, 0.29) is 17.6 Å². The highest BCUT2D eigenvalue weighted by Crippen LogP contribution is 2.26. The van der Waals surface area contributed by atoms with Crippen molar-refractivity contribution in [1.29, 1.82) is 0 Å². The average Bonchev–Trinajstić information content (AvgIpc) is 2.87. The van der Waals surface area contributed by atoms with E-state index in [2.05, 4.69) is 5.32 Å². The van der Waals surface area contributed by atoms with Gasteiger partial charge in [0.15, 0.2) is 5.78 Å². The third kappa shape index (κ3) is 2.54. The Labute approximate surface area is 112 Å². The molecule has 2 aliphatic rings. The van der Waals surface area contributed by atoms with Gasteiger partial charge >= 0.3 is 0 Å². The van der Waals surface area contributed by atoms with E-state index in [0.717, 1.165) is 36.1 Å². The molecule has 100 valence electrons. The van der Waals surface area contributed by atoms with Crippen molar-refractivity contribution in [3.8, 4) is 0 Å². The lowest BCUT2D eigenvalue weighted by atomic mass is 9.94. The van der Waals surface area contributed by atoms with E-state index in [9.17, 15) is 9.59 Å². The third-order valence-electron chi connectivity index (χ3n) is 3.81. The lowest BCUT2D eigenvalue weighted by molar-refractivity contribution is -0.116. The highest BCUT2D eigenvalue weighted by atomic mass is 16.5. The Hall–Kier alpha value is -1.68. The number of ketones is 1. The Morgan fingerprint density at radius 2 is 2.21 bits per heavy atom. The number of carbonyl (C=O) groups is 2. The summed E-state index contributed by atoms with van der Waals surface area (Å²) in [4.78, 5) is 23.8. The molecule has 0 saturated carbocycles. The lowest BCUT2D eigenvalue weighted by Crippen LogP contribution is -2.15. The first kappa shape index (κ1) is 12.4. The molecule has 0 aliphatic carbocycles. The summed E-state index contributed by atoms with van der Waals surface area (Å²) in [7, 11) is 0. The number of anilines is 1. The van der Waals surface area contributed by atoms with Gasteiger partial charge in [-0.1, -0.05) is 0 Å². The van der Waals surface area contributed by atoms with Gasteiger partial charge in [-0.05, 0) is 43.0 Å². The van der Waals surface area contributed by atoms with Crippen LogP contribution >= 0.6 is 0 Å². The second-order valence-corrected chi connectivity index (χ2v) is 5.20. The Morgan fingerprint density at radius 1 is 1.32 bits per heavy atom. The van der Waals surface area contributed by atoms with Gasteiger partial charge < -0.3 is 10.1 Å². The van der Waals surface area contributed by atoms with Gasteiger partial charge in [0.25, 0.3) is 0 Å². The van der Waals surface area contributed by atoms with Crippen LogP contribution in [0.25, 0.3) is 0 Å². The predicted octanol–water partition coefficient (Wildman–Crippen LogP) is 2.18. The number of fused-ring (bicyclic) bond motifs is 1. The molecule has 4 nitrogen and oxygen atoms in total. The second kappa shape index (κ2) is 5.13. The van der Waals surface area contributed by atoms with Gasteiger partial charge in [-0.15, -0.1) is 0 Å². The van der Waals surface area contributed by atoms with Crippen LogP contribution in [0.2, 0.25) is 0 Å². The molecule has 1 aromatic carbocycles. The first-order valence-corrected chi connectivity index (χ1v) is 6.79. The van der Waals surface area contributed by atoms with Crippen LogP contribution in [0.5, 0.6) is 0 Å². The van der Waals surface area contributed by atoms with Gasteiger partial charge in [-0.3, -0.25) is 9.59 Å². The number of aryl methyl sites for hydroxylation is 1. The monoisotopic (exact) mass is 259 g/mol. The largest absolute Gasteiger partial charge is 0.381 e. The van der Waals surface area contributed by atoms with Crippen LogP contribution in [-0.4, -0.2) is 24.9 Å². The maximum Gasteiger partial charge on any atom is 0.224 e. The average molecular weight is 259 g/mol. The van der Waals surface area contributed by atoms with Crippen LogP contribution in [0.1, 0.15) is 35.2 Å². The summed E-state index contributed by atoms with van der Waals surface area (Å²) in [6.45, 7) is 1.21. The molecule has 0 bridgehead atoms. The maximum absolute atomic E-state index is 12.3. The van der Waals surface area contributed by atoms with Crippen LogP contribution in [0, 0.1) is 5.92 Å². The molecular weight excluding hydrogens is 242 g/mol. The fraction of sp³-hybridized carbons (Fsp3) is 0.467. The molecule has 0 spiro atoms. The summed E-state index contributed by atoms with van der Waals surface area (Å²) in [6, 6.07) is 5.59. The Kier molecular flexibility index (Phi) is 3.34. The number of Topliss-reactive ketones (excluding diaryl/α,β-unsaturated/α-hetero) is 1. The Bertz CT molecular complexity index is 518. The van der Waals surface area contributed by atoms with E-state index in [1.807, 2.05) is 18.2 Å². The molecule has 1 aromatic rings. The van der Waals surface area contributed by atoms with Crippen LogP contribution in [-0.2, 0) is 16.0 Å². The zero-order valence-electron chi connectivity index (χ0n) is 10.8. The number of hydrogen-bond acceptors (Lipinski definition) is 3. The standard InChI is InChI=1S/C15H17NO3/c17-14-3-1-2-10-8-11(4-5-13(10)16-14)15(18)12-6-7-19-9-12/h4-5,8,12H,1-3,6-7,9H2,(H,16,17). The molecule has 4 heteroatoms. The summed E-state index contributed by atoms with van der Waals surface area (Å²) in [5.41, 5.74) is 2.66. The fourth-order valence-corrected chi connectivity index (χ4v) is 2.70. The third-order valence-corrected chi connectivity index (χ3v) is 3.81. The molecule has 1 saturated heterocycles. The van der Waals surface area contributed by atoms with Crippen molar-refractivity contribution in [2.75, 3.05) is 18.5 Å². The first-order valence-electron chi connectivity index (χ1n) is 6.79. The fourth-order valence-electron chi connectivity index (χ4n) is 2.70. The number of amides is 1. The van der Waals surface area contributed by atoms with Gasteiger partial charge in [-0.25, -0.2) is 0 Å². The van der Waals surface area contributed by atoms with E-state index < -0.39 is 0 Å². The van der Waals surface area contributed by atoms with E-state index in [4.69, 9.17) is 4.74 Å². The molecular formula is C15H17NO3. The summed E-state index contributed by atoms with van der Waals surface area (Å²) in [5, 5.41) is 2.88. The number of carbonyl (C=O) groups excluding carboxylic acids is 2. The molecule has 19 heavy (non-hydrogen) atoms. The maximum atomic E-state index is 12.3. The minimum Gasteiger partial charge on any atom is -0.381 e. The highest BCUT2D eigenvalue weighted by molar-refractivity contribution is 5.99. The summed E-state index contributed by atoms with van der Waals surface area (Å²) in [5.74, 6) is 0.219. The summed E-state index contributed by atoms with van der Waals surface area (Å²) < 4.78 is 5.27. The van der Waals surface area contributed by atoms with Gasteiger partial charge in [0.05, 0.1) is 6.61 Å². The van der Waals surface area contributed by atoms with Crippen molar-refractivity contribution < 1.29 is 14.3 Å². The SMILES string of the molecule is O=C1CCCc2cc(C(=O)C3CCOC3)ccc2N1. The number of nitrogens with one attached hydrogen (secondary N) is 1. The molecule has 1 atom stereocenters. The molecule has 2 aliphatic heterocycles. The molecule has 0 radical (unpaired) electrons. The van der Waals surface area contributed by atoms with Gasteiger partial charge in [0.1, 0.15) is 0 Å². The molecule has 3 rings (SSSR count). The van der Waals surface area contributed by atoms with Gasteiger partial charge in [0, 0.05) is 30.2 Å². The number of ether oxygens (including phenoxy) is 1. The molecule has 1 fully saturated rings.